The Morgan fingerprint density at radius 2 is 1.67 bits per heavy atom. The highest BCUT2D eigenvalue weighted by Gasteiger charge is 2.10. The first-order valence-electron chi connectivity index (χ1n) is 6.95. The van der Waals surface area contributed by atoms with Crippen LogP contribution in [0.2, 0.25) is 0 Å². The monoisotopic (exact) mass is 516 g/mol. The smallest absolute Gasteiger partial charge is 0.276 e. The van der Waals surface area contributed by atoms with Crippen molar-refractivity contribution in [1.82, 2.24) is 10.9 Å². The molecule has 2 aromatic carbocycles. The Kier molecular flexibility index (Phi) is 6.89. The van der Waals surface area contributed by atoms with Crippen molar-refractivity contribution >= 4 is 59.4 Å². The first-order valence-corrected chi connectivity index (χ1v) is 9.33. The highest BCUT2D eigenvalue weighted by molar-refractivity contribution is 9.11. The number of hydrazine groups is 1. The molecule has 24 heavy (non-hydrogen) atoms. The van der Waals surface area contributed by atoms with Gasteiger partial charge in [-0.1, -0.05) is 34.6 Å². The summed E-state index contributed by atoms with van der Waals surface area (Å²) in [7, 11) is 0. The van der Waals surface area contributed by atoms with E-state index in [9.17, 15) is 4.79 Å². The normalized spacial score (nSPS) is 10.2. The third-order valence-corrected chi connectivity index (χ3v) is 4.74. The number of carbonyl (C=O) groups excluding carboxylic acids is 1. The number of benzene rings is 2. The summed E-state index contributed by atoms with van der Waals surface area (Å²) in [4.78, 5) is 11.9. The minimum atomic E-state index is -0.312. The maximum absolute atomic E-state index is 11.9. The maximum Gasteiger partial charge on any atom is 0.276 e. The third kappa shape index (κ3) is 5.36. The number of carbonyl (C=O) groups is 1. The lowest BCUT2D eigenvalue weighted by Gasteiger charge is -2.13. The predicted octanol–water partition coefficient (Wildman–Crippen LogP) is 4.95. The van der Waals surface area contributed by atoms with Crippen molar-refractivity contribution in [3.63, 3.8) is 0 Å². The van der Waals surface area contributed by atoms with E-state index in [1.54, 1.807) is 0 Å². The Bertz CT molecular complexity index is 738. The van der Waals surface area contributed by atoms with Crippen LogP contribution in [0.25, 0.3) is 5.70 Å². The van der Waals surface area contributed by atoms with Crippen LogP contribution in [0.1, 0.15) is 11.1 Å². The van der Waals surface area contributed by atoms with Gasteiger partial charge in [0.25, 0.3) is 5.91 Å². The summed E-state index contributed by atoms with van der Waals surface area (Å²) < 4.78 is 8.11. The van der Waals surface area contributed by atoms with Crippen molar-refractivity contribution in [3.05, 3.63) is 67.5 Å². The molecule has 0 fully saturated rings. The number of hydrogen-bond donors (Lipinski definition) is 2. The van der Waals surface area contributed by atoms with E-state index in [1.807, 2.05) is 43.3 Å². The standard InChI is InChI=1S/C17H15Br3N2O2/c1-10-7-14(19)17(15(20)8-10)24-9-16(23)22-21-11(2)12-3-5-13(18)6-4-12/h3-8,21H,2,9H2,1H3,(H,22,23). The molecule has 2 aromatic rings. The number of amides is 1. The topological polar surface area (TPSA) is 50.4 Å². The van der Waals surface area contributed by atoms with Crippen LogP contribution in [-0.2, 0) is 4.79 Å². The molecule has 0 aromatic heterocycles. The van der Waals surface area contributed by atoms with Crippen LogP contribution >= 0.6 is 47.8 Å². The number of nitrogens with one attached hydrogen (secondary N) is 2. The van der Waals surface area contributed by atoms with Crippen molar-refractivity contribution in [2.24, 2.45) is 0 Å². The predicted molar refractivity (Wildman–Crippen MR) is 107 cm³/mol. The summed E-state index contributed by atoms with van der Waals surface area (Å²) in [6.07, 6.45) is 0. The zero-order valence-electron chi connectivity index (χ0n) is 12.8. The zero-order chi connectivity index (χ0) is 17.7. The number of halogens is 3. The summed E-state index contributed by atoms with van der Waals surface area (Å²) in [5, 5.41) is 0. The number of aryl methyl sites for hydroxylation is 1. The molecule has 0 saturated heterocycles. The van der Waals surface area contributed by atoms with Crippen LogP contribution in [0, 0.1) is 6.92 Å². The van der Waals surface area contributed by atoms with Crippen molar-refractivity contribution in [2.75, 3.05) is 6.61 Å². The summed E-state index contributed by atoms with van der Waals surface area (Å²) in [6, 6.07) is 11.4. The van der Waals surface area contributed by atoms with Crippen molar-refractivity contribution in [2.45, 2.75) is 6.92 Å². The Morgan fingerprint density at radius 3 is 2.25 bits per heavy atom. The fourth-order valence-corrected chi connectivity index (χ4v) is 3.78. The van der Waals surface area contributed by atoms with Gasteiger partial charge in [-0.3, -0.25) is 15.6 Å². The molecule has 0 heterocycles. The molecule has 0 radical (unpaired) electrons. The van der Waals surface area contributed by atoms with E-state index >= 15 is 0 Å². The lowest BCUT2D eigenvalue weighted by molar-refractivity contribution is -0.123. The first kappa shape index (κ1) is 19.0. The number of ether oxygens (including phenoxy) is 1. The molecule has 0 bridgehead atoms. The number of hydrogen-bond acceptors (Lipinski definition) is 3. The highest BCUT2D eigenvalue weighted by Crippen LogP contribution is 2.34. The Balaban J connectivity index is 1.86. The van der Waals surface area contributed by atoms with E-state index in [0.717, 1.165) is 24.5 Å². The van der Waals surface area contributed by atoms with Crippen LogP contribution < -0.4 is 15.6 Å². The SMILES string of the molecule is C=C(NNC(=O)COc1c(Br)cc(C)cc1Br)c1ccc(Br)cc1. The minimum absolute atomic E-state index is 0.124. The van der Waals surface area contributed by atoms with Gasteiger partial charge in [0, 0.05) is 4.47 Å². The molecule has 0 aliphatic rings. The van der Waals surface area contributed by atoms with Gasteiger partial charge < -0.3 is 4.74 Å². The van der Waals surface area contributed by atoms with Crippen LogP contribution in [0.3, 0.4) is 0 Å². The van der Waals surface area contributed by atoms with E-state index < -0.39 is 0 Å². The molecule has 1 amide bonds. The molecule has 0 atom stereocenters. The second-order valence-corrected chi connectivity index (χ2v) is 7.63. The lowest BCUT2D eigenvalue weighted by Crippen LogP contribution is -2.39. The molecule has 2 rings (SSSR count). The lowest BCUT2D eigenvalue weighted by atomic mass is 10.2. The molecule has 126 valence electrons. The van der Waals surface area contributed by atoms with Crippen LogP contribution in [0.15, 0.2) is 56.4 Å². The largest absolute Gasteiger partial charge is 0.481 e. The number of rotatable bonds is 6. The van der Waals surface area contributed by atoms with E-state index in [2.05, 4.69) is 65.2 Å². The molecule has 0 aliphatic carbocycles. The van der Waals surface area contributed by atoms with Crippen LogP contribution in [-0.4, -0.2) is 12.5 Å². The third-order valence-electron chi connectivity index (χ3n) is 3.04. The van der Waals surface area contributed by atoms with E-state index in [0.29, 0.717) is 11.4 Å². The molecular formula is C17H15Br3N2O2. The van der Waals surface area contributed by atoms with Gasteiger partial charge in [-0.15, -0.1) is 0 Å². The molecular weight excluding hydrogens is 504 g/mol. The average molecular weight is 519 g/mol. The average Bonchev–Trinajstić information content (AvgIpc) is 2.52. The van der Waals surface area contributed by atoms with Crippen LogP contribution in [0.4, 0.5) is 0 Å². The van der Waals surface area contributed by atoms with Gasteiger partial charge >= 0.3 is 0 Å². The second kappa shape index (κ2) is 8.69. The molecule has 0 unspecified atom stereocenters. The molecule has 7 heteroatoms. The van der Waals surface area contributed by atoms with E-state index in [4.69, 9.17) is 4.74 Å². The fourth-order valence-electron chi connectivity index (χ4n) is 1.87. The van der Waals surface area contributed by atoms with Gasteiger partial charge in [-0.2, -0.15) is 0 Å². The summed E-state index contributed by atoms with van der Waals surface area (Å²) >= 11 is 10.2. The zero-order valence-corrected chi connectivity index (χ0v) is 17.6. The Labute approximate surface area is 166 Å². The maximum atomic E-state index is 11.9. The second-order valence-electron chi connectivity index (χ2n) is 5.00. The molecule has 0 aliphatic heterocycles. The molecule has 0 spiro atoms. The van der Waals surface area contributed by atoms with Crippen LogP contribution in [0.5, 0.6) is 5.75 Å². The molecule has 2 N–H and O–H groups in total. The van der Waals surface area contributed by atoms with Crippen molar-refractivity contribution < 1.29 is 9.53 Å². The van der Waals surface area contributed by atoms with Gasteiger partial charge in [-0.25, -0.2) is 0 Å². The Morgan fingerprint density at radius 1 is 1.08 bits per heavy atom. The van der Waals surface area contributed by atoms with Gasteiger partial charge in [0.05, 0.1) is 14.6 Å². The van der Waals surface area contributed by atoms with Gasteiger partial charge in [-0.05, 0) is 74.2 Å². The van der Waals surface area contributed by atoms with Gasteiger partial charge in [0.2, 0.25) is 0 Å². The van der Waals surface area contributed by atoms with Gasteiger partial charge in [0.1, 0.15) is 5.75 Å². The van der Waals surface area contributed by atoms with Gasteiger partial charge in [0.15, 0.2) is 6.61 Å². The first-order chi connectivity index (χ1) is 11.4. The summed E-state index contributed by atoms with van der Waals surface area (Å²) in [5.41, 5.74) is 7.89. The summed E-state index contributed by atoms with van der Waals surface area (Å²) in [6.45, 7) is 5.74. The van der Waals surface area contributed by atoms with E-state index in [1.165, 1.54) is 0 Å². The molecule has 0 saturated carbocycles. The van der Waals surface area contributed by atoms with E-state index in [-0.39, 0.29) is 12.5 Å². The quantitative estimate of drug-likeness (QED) is 0.532. The highest BCUT2D eigenvalue weighted by atomic mass is 79.9. The van der Waals surface area contributed by atoms with Crippen molar-refractivity contribution in [3.8, 4) is 5.75 Å². The fraction of sp³-hybridized carbons (Fsp3) is 0.118. The van der Waals surface area contributed by atoms with Crippen molar-refractivity contribution in [1.29, 1.82) is 0 Å². The minimum Gasteiger partial charge on any atom is -0.481 e. The molecule has 4 nitrogen and oxygen atoms in total. The summed E-state index contributed by atoms with van der Waals surface area (Å²) in [5.74, 6) is 0.273. The Hall–Kier alpha value is -1.31.